The summed E-state index contributed by atoms with van der Waals surface area (Å²) in [7, 11) is 0. The highest BCUT2D eigenvalue weighted by atomic mass is 79.9. The van der Waals surface area contributed by atoms with E-state index in [1.54, 1.807) is 6.07 Å². The first-order valence-corrected chi connectivity index (χ1v) is 5.05. The molecule has 1 aliphatic carbocycles. The summed E-state index contributed by atoms with van der Waals surface area (Å²) in [6.07, 6.45) is 6.55. The fourth-order valence-corrected chi connectivity index (χ4v) is 1.93. The smallest absolute Gasteiger partial charge is 0.193 e. The first-order chi connectivity index (χ1) is 6.29. The molecule has 3 heteroatoms. The number of allylic oxidation sites excluding steroid dienone is 2. The zero-order valence-electron chi connectivity index (χ0n) is 7.05. The molecule has 0 atom stereocenters. The normalized spacial score (nSPS) is 15.9. The highest BCUT2D eigenvalue weighted by Gasteiger charge is 2.18. The van der Waals surface area contributed by atoms with E-state index < -0.39 is 0 Å². The van der Waals surface area contributed by atoms with Crippen LogP contribution in [0.3, 0.4) is 0 Å². The minimum atomic E-state index is 0.0955. The quantitative estimate of drug-likeness (QED) is 0.743. The lowest BCUT2D eigenvalue weighted by atomic mass is 10.1. The number of ketones is 1. The van der Waals surface area contributed by atoms with Crippen molar-refractivity contribution in [3.05, 3.63) is 34.2 Å². The number of furan rings is 1. The van der Waals surface area contributed by atoms with Gasteiger partial charge >= 0.3 is 0 Å². The van der Waals surface area contributed by atoms with Crippen molar-refractivity contribution in [2.24, 2.45) is 0 Å². The summed E-state index contributed by atoms with van der Waals surface area (Å²) in [5, 5.41) is 0. The zero-order chi connectivity index (χ0) is 9.26. The second kappa shape index (κ2) is 3.50. The van der Waals surface area contributed by atoms with Crippen molar-refractivity contribution in [1.82, 2.24) is 0 Å². The summed E-state index contributed by atoms with van der Waals surface area (Å²) in [5.41, 5.74) is 1.55. The van der Waals surface area contributed by atoms with Gasteiger partial charge in [0.05, 0.1) is 11.8 Å². The predicted molar refractivity (Wildman–Crippen MR) is 52.7 cm³/mol. The minimum absolute atomic E-state index is 0.0955. The molecule has 0 N–H and O–H groups in total. The van der Waals surface area contributed by atoms with Crippen LogP contribution in [0.5, 0.6) is 0 Å². The van der Waals surface area contributed by atoms with Crippen molar-refractivity contribution in [3.63, 3.8) is 0 Å². The molecule has 1 aromatic rings. The number of carbonyl (C=O) groups is 1. The van der Waals surface area contributed by atoms with Crippen LogP contribution in [0.15, 0.2) is 33.1 Å². The fraction of sp³-hybridized carbons (Fsp3) is 0.300. The van der Waals surface area contributed by atoms with Crippen LogP contribution in [0.1, 0.15) is 29.6 Å². The highest BCUT2D eigenvalue weighted by Crippen LogP contribution is 2.26. The molecule has 2 rings (SSSR count). The van der Waals surface area contributed by atoms with Gasteiger partial charge in [0.2, 0.25) is 0 Å². The number of hydrogen-bond acceptors (Lipinski definition) is 2. The Hall–Kier alpha value is -0.830. The summed E-state index contributed by atoms with van der Waals surface area (Å²) >= 11 is 3.20. The molecule has 0 saturated heterocycles. The molecule has 68 valence electrons. The lowest BCUT2D eigenvalue weighted by Crippen LogP contribution is -2.00. The van der Waals surface area contributed by atoms with E-state index in [2.05, 4.69) is 15.9 Å². The summed E-state index contributed by atoms with van der Waals surface area (Å²) < 4.78 is 5.55. The first kappa shape index (κ1) is 8.75. The lowest BCUT2D eigenvalue weighted by Gasteiger charge is -1.97. The van der Waals surface area contributed by atoms with E-state index >= 15 is 0 Å². The monoisotopic (exact) mass is 240 g/mol. The van der Waals surface area contributed by atoms with Crippen molar-refractivity contribution in [2.45, 2.75) is 19.3 Å². The van der Waals surface area contributed by atoms with Gasteiger partial charge in [0.15, 0.2) is 10.5 Å². The third kappa shape index (κ3) is 1.61. The lowest BCUT2D eigenvalue weighted by molar-refractivity contribution is 0.103. The fourth-order valence-electron chi connectivity index (χ4n) is 1.51. The Labute approximate surface area is 84.7 Å². The van der Waals surface area contributed by atoms with Crippen molar-refractivity contribution >= 4 is 21.7 Å². The topological polar surface area (TPSA) is 30.2 Å². The van der Waals surface area contributed by atoms with Gasteiger partial charge in [0.25, 0.3) is 0 Å². The van der Waals surface area contributed by atoms with Gasteiger partial charge in [-0.2, -0.15) is 0 Å². The second-order valence-corrected chi connectivity index (χ2v) is 3.78. The van der Waals surface area contributed by atoms with Crippen LogP contribution in [0.2, 0.25) is 0 Å². The van der Waals surface area contributed by atoms with Gasteiger partial charge in [-0.05, 0) is 46.8 Å². The number of hydrogen-bond donors (Lipinski definition) is 0. The van der Waals surface area contributed by atoms with Crippen LogP contribution >= 0.6 is 15.9 Å². The Morgan fingerprint density at radius 2 is 2.38 bits per heavy atom. The van der Waals surface area contributed by atoms with Crippen LogP contribution in [0.25, 0.3) is 0 Å². The molecule has 1 aromatic heterocycles. The van der Waals surface area contributed by atoms with Crippen LogP contribution in [0.4, 0.5) is 0 Å². The van der Waals surface area contributed by atoms with Gasteiger partial charge < -0.3 is 4.42 Å². The standard InChI is InChI=1S/C10H9BrO2/c11-10-8(5-6-13-10)9(12)7-3-1-2-4-7/h3,5-6H,1-2,4H2. The largest absolute Gasteiger partial charge is 0.457 e. The van der Waals surface area contributed by atoms with Gasteiger partial charge in [-0.3, -0.25) is 4.79 Å². The van der Waals surface area contributed by atoms with Gasteiger partial charge in [-0.25, -0.2) is 0 Å². The highest BCUT2D eigenvalue weighted by molar-refractivity contribution is 9.10. The van der Waals surface area contributed by atoms with Crippen LogP contribution < -0.4 is 0 Å². The van der Waals surface area contributed by atoms with E-state index in [0.717, 1.165) is 24.8 Å². The number of halogens is 1. The molecule has 0 spiro atoms. The Bertz CT molecular complexity index is 363. The van der Waals surface area contributed by atoms with Crippen LogP contribution in [-0.2, 0) is 0 Å². The molecule has 0 fully saturated rings. The molecule has 2 nitrogen and oxygen atoms in total. The molecule has 1 aliphatic rings. The maximum absolute atomic E-state index is 11.8. The van der Waals surface area contributed by atoms with E-state index in [4.69, 9.17) is 4.42 Å². The maximum Gasteiger partial charge on any atom is 0.193 e. The molecular weight excluding hydrogens is 232 g/mol. The Kier molecular flexibility index (Phi) is 2.36. The molecule has 0 aromatic carbocycles. The van der Waals surface area contributed by atoms with Crippen LogP contribution in [-0.4, -0.2) is 5.78 Å². The zero-order valence-corrected chi connectivity index (χ0v) is 8.63. The van der Waals surface area contributed by atoms with Crippen molar-refractivity contribution in [2.75, 3.05) is 0 Å². The summed E-state index contributed by atoms with van der Waals surface area (Å²) in [4.78, 5) is 11.8. The summed E-state index contributed by atoms with van der Waals surface area (Å²) in [6.45, 7) is 0. The van der Waals surface area contributed by atoms with E-state index in [1.807, 2.05) is 6.08 Å². The predicted octanol–water partition coefficient (Wildman–Crippen LogP) is 3.34. The van der Waals surface area contributed by atoms with E-state index in [-0.39, 0.29) is 5.78 Å². The average molecular weight is 241 g/mol. The number of Topliss-reactive ketones (excluding diaryl/α,β-unsaturated/α-hetero) is 1. The summed E-state index contributed by atoms with van der Waals surface area (Å²) in [5.74, 6) is 0.0955. The van der Waals surface area contributed by atoms with Gasteiger partial charge in [-0.15, -0.1) is 0 Å². The molecule has 0 radical (unpaired) electrons. The van der Waals surface area contributed by atoms with Crippen molar-refractivity contribution < 1.29 is 9.21 Å². The maximum atomic E-state index is 11.8. The molecule has 0 amide bonds. The van der Waals surface area contributed by atoms with E-state index in [0.29, 0.717) is 10.2 Å². The van der Waals surface area contributed by atoms with E-state index in [9.17, 15) is 4.79 Å². The van der Waals surface area contributed by atoms with Crippen LogP contribution in [0, 0.1) is 0 Å². The minimum Gasteiger partial charge on any atom is -0.457 e. The van der Waals surface area contributed by atoms with Gasteiger partial charge in [0, 0.05) is 0 Å². The molecule has 0 saturated carbocycles. The molecule has 0 aliphatic heterocycles. The van der Waals surface area contributed by atoms with Crippen molar-refractivity contribution in [1.29, 1.82) is 0 Å². The Morgan fingerprint density at radius 3 is 2.92 bits per heavy atom. The third-order valence-corrected chi connectivity index (χ3v) is 2.81. The summed E-state index contributed by atoms with van der Waals surface area (Å²) in [6, 6.07) is 1.70. The number of rotatable bonds is 2. The average Bonchev–Trinajstić information content (AvgIpc) is 2.72. The van der Waals surface area contributed by atoms with Gasteiger partial charge in [-0.1, -0.05) is 6.08 Å². The Balaban J connectivity index is 2.27. The molecule has 0 unspecified atom stereocenters. The first-order valence-electron chi connectivity index (χ1n) is 4.26. The molecular formula is C10H9BrO2. The Morgan fingerprint density at radius 1 is 1.54 bits per heavy atom. The SMILES string of the molecule is O=C(C1=CCCC1)c1ccoc1Br. The molecule has 0 bridgehead atoms. The second-order valence-electron chi connectivity index (χ2n) is 3.06. The third-order valence-electron chi connectivity index (χ3n) is 2.20. The van der Waals surface area contributed by atoms with Gasteiger partial charge in [0.1, 0.15) is 0 Å². The molecule has 1 heterocycles. The van der Waals surface area contributed by atoms with Crippen molar-refractivity contribution in [3.8, 4) is 0 Å². The van der Waals surface area contributed by atoms with E-state index in [1.165, 1.54) is 6.26 Å². The molecule has 13 heavy (non-hydrogen) atoms. The number of carbonyl (C=O) groups excluding carboxylic acids is 1.